The molecule has 0 bridgehead atoms. The average Bonchev–Trinajstić information content (AvgIpc) is 2.77. The van der Waals surface area contributed by atoms with Crippen LogP contribution in [0.15, 0.2) is 18.2 Å². The smallest absolute Gasteiger partial charge is 0.298 e. The van der Waals surface area contributed by atoms with Crippen LogP contribution in [0.25, 0.3) is 11.1 Å². The van der Waals surface area contributed by atoms with Crippen LogP contribution in [0.1, 0.15) is 49.2 Å². The number of nitrogens with one attached hydrogen (secondary N) is 2. The van der Waals surface area contributed by atoms with Crippen LogP contribution >= 0.6 is 0 Å². The number of carbonyl (C=O) groups is 3. The third kappa shape index (κ3) is 4.67. The lowest BCUT2D eigenvalue weighted by Gasteiger charge is -2.11. The maximum atomic E-state index is 12.3. The second-order valence-electron chi connectivity index (χ2n) is 6.94. The van der Waals surface area contributed by atoms with Crippen molar-refractivity contribution in [3.05, 3.63) is 34.9 Å². The molecule has 0 aromatic carbocycles. The average molecular weight is 386 g/mol. The van der Waals surface area contributed by atoms with Crippen LogP contribution in [0, 0.1) is 12.8 Å². The zero-order valence-corrected chi connectivity index (χ0v) is 16.8. The summed E-state index contributed by atoms with van der Waals surface area (Å²) in [5, 5.41) is 2.80. The summed E-state index contributed by atoms with van der Waals surface area (Å²) in [4.78, 5) is 40.2. The Morgan fingerprint density at radius 1 is 1.25 bits per heavy atom. The number of fused-ring (bicyclic) bond motifs is 1. The van der Waals surface area contributed by atoms with E-state index < -0.39 is 0 Å². The van der Waals surface area contributed by atoms with Crippen molar-refractivity contribution in [3.63, 3.8) is 0 Å². The van der Waals surface area contributed by atoms with E-state index in [1.165, 1.54) is 6.92 Å². The SMILES string of the molecule is CCONC(=O)c1ccc2c(OC=O)c(NC(C)=O)c(CC(C)C)c-2c(C)c1. The summed E-state index contributed by atoms with van der Waals surface area (Å²) in [6, 6.07) is 5.11. The van der Waals surface area contributed by atoms with Crippen molar-refractivity contribution in [1.82, 2.24) is 5.48 Å². The van der Waals surface area contributed by atoms with Crippen molar-refractivity contribution >= 4 is 24.0 Å². The van der Waals surface area contributed by atoms with Gasteiger partial charge >= 0.3 is 0 Å². The number of anilines is 1. The highest BCUT2D eigenvalue weighted by molar-refractivity contribution is 6.01. The molecular formula is C21H26N2O5. The van der Waals surface area contributed by atoms with E-state index in [1.54, 1.807) is 25.1 Å². The van der Waals surface area contributed by atoms with Crippen LogP contribution in [0.4, 0.5) is 5.69 Å². The number of hydrogen-bond acceptors (Lipinski definition) is 5. The first kappa shape index (κ1) is 21.4. The molecule has 2 N–H and O–H groups in total. The maximum absolute atomic E-state index is 12.3. The van der Waals surface area contributed by atoms with Gasteiger partial charge in [0.25, 0.3) is 12.4 Å². The quantitative estimate of drug-likeness (QED) is 0.535. The van der Waals surface area contributed by atoms with Crippen molar-refractivity contribution < 1.29 is 24.0 Å². The van der Waals surface area contributed by atoms with Crippen LogP contribution < -0.4 is 15.5 Å². The highest BCUT2D eigenvalue weighted by Gasteiger charge is 2.27. The van der Waals surface area contributed by atoms with Gasteiger partial charge in [-0.1, -0.05) is 13.8 Å². The molecule has 0 saturated heterocycles. The Hall–Kier alpha value is -2.93. The van der Waals surface area contributed by atoms with Gasteiger partial charge in [0.2, 0.25) is 5.91 Å². The molecule has 28 heavy (non-hydrogen) atoms. The number of amides is 2. The van der Waals surface area contributed by atoms with E-state index in [4.69, 9.17) is 9.57 Å². The van der Waals surface area contributed by atoms with Crippen molar-refractivity contribution in [1.29, 1.82) is 0 Å². The molecule has 7 heteroatoms. The van der Waals surface area contributed by atoms with Crippen molar-refractivity contribution in [2.75, 3.05) is 11.9 Å². The Balaban J connectivity index is 2.75. The second kappa shape index (κ2) is 9.32. The van der Waals surface area contributed by atoms with Gasteiger partial charge in [-0.05, 0) is 61.1 Å². The normalized spacial score (nSPS) is 10.8. The molecule has 0 aliphatic heterocycles. The predicted octanol–water partition coefficient (Wildman–Crippen LogP) is 3.47. The van der Waals surface area contributed by atoms with Gasteiger partial charge in [-0.15, -0.1) is 0 Å². The summed E-state index contributed by atoms with van der Waals surface area (Å²) in [6.45, 7) is 9.88. The van der Waals surface area contributed by atoms with Crippen LogP contribution in [0.5, 0.6) is 5.75 Å². The number of rotatable bonds is 8. The minimum atomic E-state index is -0.368. The molecule has 0 atom stereocenters. The first-order valence-electron chi connectivity index (χ1n) is 9.19. The summed E-state index contributed by atoms with van der Waals surface area (Å²) < 4.78 is 5.25. The third-order valence-electron chi connectivity index (χ3n) is 4.19. The van der Waals surface area contributed by atoms with Crippen LogP contribution in [0.3, 0.4) is 0 Å². The van der Waals surface area contributed by atoms with E-state index in [9.17, 15) is 14.4 Å². The molecule has 0 heterocycles. The van der Waals surface area contributed by atoms with E-state index in [1.807, 2.05) is 6.92 Å². The molecule has 2 aliphatic carbocycles. The number of carbonyl (C=O) groups excluding carboxylic acids is 3. The Morgan fingerprint density at radius 2 is 1.96 bits per heavy atom. The predicted molar refractivity (Wildman–Crippen MR) is 106 cm³/mol. The molecule has 150 valence electrons. The molecule has 0 spiro atoms. The molecule has 2 aliphatic rings. The zero-order chi connectivity index (χ0) is 20.8. The summed E-state index contributed by atoms with van der Waals surface area (Å²) in [7, 11) is 0. The number of ether oxygens (including phenoxy) is 1. The van der Waals surface area contributed by atoms with Crippen LogP contribution in [-0.4, -0.2) is 24.9 Å². The van der Waals surface area contributed by atoms with Crippen LogP contribution in [-0.2, 0) is 20.8 Å². The van der Waals surface area contributed by atoms with Gasteiger partial charge in [0, 0.05) is 18.1 Å². The Labute approximate surface area is 164 Å². The Morgan fingerprint density at radius 3 is 2.54 bits per heavy atom. The molecule has 0 fully saturated rings. The van der Waals surface area contributed by atoms with Crippen LogP contribution in [0.2, 0.25) is 0 Å². The third-order valence-corrected chi connectivity index (χ3v) is 4.19. The van der Waals surface area contributed by atoms with Crippen molar-refractivity contribution in [3.8, 4) is 16.9 Å². The number of aryl methyl sites for hydroxylation is 1. The summed E-state index contributed by atoms with van der Waals surface area (Å²) in [6.07, 6.45) is 0.666. The number of hydroxylamine groups is 1. The fourth-order valence-electron chi connectivity index (χ4n) is 3.24. The maximum Gasteiger partial charge on any atom is 0.298 e. The van der Waals surface area contributed by atoms with Gasteiger partial charge in [0.05, 0.1) is 12.3 Å². The monoisotopic (exact) mass is 386 g/mol. The fourth-order valence-corrected chi connectivity index (χ4v) is 3.24. The van der Waals surface area contributed by atoms with Crippen molar-refractivity contribution in [2.24, 2.45) is 5.92 Å². The van der Waals surface area contributed by atoms with Gasteiger partial charge in [0.15, 0.2) is 5.75 Å². The lowest BCUT2D eigenvalue weighted by atomic mass is 9.97. The van der Waals surface area contributed by atoms with E-state index in [0.717, 1.165) is 16.7 Å². The minimum absolute atomic E-state index is 0.255. The lowest BCUT2D eigenvalue weighted by molar-refractivity contribution is -0.120. The van der Waals surface area contributed by atoms with Gasteiger partial charge in [-0.3, -0.25) is 19.2 Å². The second-order valence-corrected chi connectivity index (χ2v) is 6.94. The zero-order valence-electron chi connectivity index (χ0n) is 16.8. The number of hydrogen-bond donors (Lipinski definition) is 2. The van der Waals surface area contributed by atoms with E-state index >= 15 is 0 Å². The molecule has 0 aromatic rings. The largest absolute Gasteiger partial charge is 0.426 e. The van der Waals surface area contributed by atoms with Gasteiger partial charge in [-0.2, -0.15) is 0 Å². The standard InChI is InChI=1S/C21H26N2O5/c1-6-28-23-21(26)15-7-8-16-18(13(4)10-15)17(9-12(2)3)19(22-14(5)25)20(16)27-11-24/h7-8,10-12H,6,9H2,1-5H3,(H,22,25)(H,23,26). The molecular weight excluding hydrogens is 360 g/mol. The topological polar surface area (TPSA) is 93.7 Å². The van der Waals surface area contributed by atoms with Gasteiger partial charge in [0.1, 0.15) is 0 Å². The molecule has 0 saturated carbocycles. The summed E-state index contributed by atoms with van der Waals surface area (Å²) in [5.74, 6) is -0.0398. The highest BCUT2D eigenvalue weighted by atomic mass is 16.6. The van der Waals surface area contributed by atoms with Gasteiger partial charge in [-0.25, -0.2) is 5.48 Å². The summed E-state index contributed by atoms with van der Waals surface area (Å²) in [5.41, 5.74) is 6.49. The van der Waals surface area contributed by atoms with E-state index in [-0.39, 0.29) is 17.6 Å². The molecule has 7 nitrogen and oxygen atoms in total. The van der Waals surface area contributed by atoms with Gasteiger partial charge < -0.3 is 10.1 Å². The van der Waals surface area contributed by atoms with E-state index in [2.05, 4.69) is 24.6 Å². The highest BCUT2D eigenvalue weighted by Crippen LogP contribution is 2.48. The Kier molecular flexibility index (Phi) is 7.12. The summed E-state index contributed by atoms with van der Waals surface area (Å²) >= 11 is 0. The Bertz CT molecular complexity index is 861. The molecule has 2 rings (SSSR count). The van der Waals surface area contributed by atoms with E-state index in [0.29, 0.717) is 42.2 Å². The molecule has 2 amide bonds. The van der Waals surface area contributed by atoms with Crippen molar-refractivity contribution in [2.45, 2.75) is 41.0 Å². The minimum Gasteiger partial charge on any atom is -0.426 e. The molecule has 0 unspecified atom stereocenters. The lowest BCUT2D eigenvalue weighted by Crippen LogP contribution is -2.23. The first-order valence-corrected chi connectivity index (χ1v) is 9.19. The molecule has 0 radical (unpaired) electrons. The first-order chi connectivity index (χ1) is 13.3. The molecule has 0 aromatic heterocycles. The fraction of sp³-hybridized carbons (Fsp3) is 0.381.